The third-order valence-electron chi connectivity index (χ3n) is 6.40. The summed E-state index contributed by atoms with van der Waals surface area (Å²) in [6, 6.07) is 10.8. The van der Waals surface area contributed by atoms with E-state index in [1.54, 1.807) is 4.90 Å². The number of carbonyl (C=O) groups excluding carboxylic acids is 1. The zero-order valence-electron chi connectivity index (χ0n) is 17.3. The van der Waals surface area contributed by atoms with Gasteiger partial charge in [-0.25, -0.2) is 4.79 Å². The van der Waals surface area contributed by atoms with Gasteiger partial charge in [-0.1, -0.05) is 19.1 Å². The fraction of sp³-hybridized carbons (Fsp3) is 0.478. The van der Waals surface area contributed by atoms with Crippen molar-refractivity contribution in [1.29, 1.82) is 0 Å². The van der Waals surface area contributed by atoms with E-state index in [0.29, 0.717) is 13.1 Å². The molecule has 5 rings (SSSR count). The van der Waals surface area contributed by atoms with E-state index >= 15 is 0 Å². The molecule has 0 unspecified atom stereocenters. The smallest absolute Gasteiger partial charge is 0.410 e. The van der Waals surface area contributed by atoms with Gasteiger partial charge in [-0.15, -0.1) is 0 Å². The zero-order chi connectivity index (χ0) is 20.2. The number of rotatable bonds is 3. The number of aryl methyl sites for hydroxylation is 2. The molecule has 152 valence electrons. The quantitative estimate of drug-likeness (QED) is 0.801. The maximum atomic E-state index is 12.6. The van der Waals surface area contributed by atoms with Crippen LogP contribution < -0.4 is 4.90 Å². The Balaban J connectivity index is 1.14. The molecule has 0 N–H and O–H groups in total. The molecule has 3 aliphatic heterocycles. The topological polar surface area (TPSA) is 54.9 Å². The number of aromatic nitrogens is 1. The first-order chi connectivity index (χ1) is 13.9. The van der Waals surface area contributed by atoms with Gasteiger partial charge in [-0.05, 0) is 48.7 Å². The van der Waals surface area contributed by atoms with Crippen LogP contribution in [0.15, 0.2) is 30.3 Å². The van der Waals surface area contributed by atoms with Gasteiger partial charge in [0, 0.05) is 16.8 Å². The van der Waals surface area contributed by atoms with Gasteiger partial charge in [-0.3, -0.25) is 9.88 Å². The summed E-state index contributed by atoms with van der Waals surface area (Å²) in [5.74, 6) is 0. The van der Waals surface area contributed by atoms with E-state index in [1.165, 1.54) is 16.8 Å². The predicted octanol–water partition coefficient (Wildman–Crippen LogP) is 3.33. The van der Waals surface area contributed by atoms with Crippen LogP contribution in [0.5, 0.6) is 0 Å². The van der Waals surface area contributed by atoms with E-state index in [9.17, 15) is 4.79 Å². The molecule has 1 amide bonds. The lowest BCUT2D eigenvalue weighted by Crippen LogP contribution is -2.54. The van der Waals surface area contributed by atoms with Crippen molar-refractivity contribution in [1.82, 2.24) is 9.88 Å². The number of nitrogens with zero attached hydrogens (tertiary/aromatic N) is 3. The van der Waals surface area contributed by atoms with Crippen LogP contribution in [0.1, 0.15) is 35.0 Å². The Hall–Kier alpha value is -2.60. The molecule has 29 heavy (non-hydrogen) atoms. The summed E-state index contributed by atoms with van der Waals surface area (Å²) in [4.78, 5) is 21.2. The van der Waals surface area contributed by atoms with Crippen LogP contribution in [-0.4, -0.2) is 48.4 Å². The van der Waals surface area contributed by atoms with E-state index in [4.69, 9.17) is 9.47 Å². The summed E-state index contributed by atoms with van der Waals surface area (Å²) < 4.78 is 11.1. The summed E-state index contributed by atoms with van der Waals surface area (Å²) >= 11 is 0. The Morgan fingerprint density at radius 1 is 1.17 bits per heavy atom. The van der Waals surface area contributed by atoms with Gasteiger partial charge in [0.15, 0.2) is 0 Å². The van der Waals surface area contributed by atoms with E-state index in [0.717, 1.165) is 43.3 Å². The Kier molecular flexibility index (Phi) is 4.28. The number of pyridine rings is 1. The number of hydrogen-bond acceptors (Lipinski definition) is 5. The average molecular weight is 393 g/mol. The minimum absolute atomic E-state index is 0.0563. The van der Waals surface area contributed by atoms with Gasteiger partial charge < -0.3 is 14.4 Å². The molecule has 2 saturated heterocycles. The highest BCUT2D eigenvalue weighted by atomic mass is 16.6. The van der Waals surface area contributed by atoms with Crippen molar-refractivity contribution in [2.24, 2.45) is 0 Å². The first kappa shape index (κ1) is 18.4. The second-order valence-electron chi connectivity index (χ2n) is 8.87. The highest BCUT2D eigenvalue weighted by molar-refractivity contribution is 5.69. The Morgan fingerprint density at radius 2 is 1.90 bits per heavy atom. The SMILES string of the molecule is Cc1cc(C)c2c(n1)CN(C(=O)OC1CN(c3ccc(C4(C)COC4)cc3)C1)C2. The van der Waals surface area contributed by atoms with Crippen LogP contribution in [0, 0.1) is 13.8 Å². The molecule has 6 heteroatoms. The van der Waals surface area contributed by atoms with Crippen molar-refractivity contribution < 1.29 is 14.3 Å². The Morgan fingerprint density at radius 3 is 2.55 bits per heavy atom. The third-order valence-corrected chi connectivity index (χ3v) is 6.40. The van der Waals surface area contributed by atoms with Crippen LogP contribution in [0.4, 0.5) is 10.5 Å². The molecule has 6 nitrogen and oxygen atoms in total. The van der Waals surface area contributed by atoms with Crippen molar-refractivity contribution in [2.75, 3.05) is 31.2 Å². The minimum Gasteiger partial charge on any atom is -0.442 e. The lowest BCUT2D eigenvalue weighted by molar-refractivity contribution is -0.0500. The summed E-state index contributed by atoms with van der Waals surface area (Å²) in [5, 5.41) is 0. The Bertz CT molecular complexity index is 947. The first-order valence-electron chi connectivity index (χ1n) is 10.3. The molecule has 4 heterocycles. The van der Waals surface area contributed by atoms with E-state index in [2.05, 4.69) is 54.1 Å². The van der Waals surface area contributed by atoms with Crippen molar-refractivity contribution >= 4 is 11.8 Å². The van der Waals surface area contributed by atoms with E-state index in [-0.39, 0.29) is 17.6 Å². The molecule has 0 spiro atoms. The zero-order valence-corrected chi connectivity index (χ0v) is 17.3. The van der Waals surface area contributed by atoms with Gasteiger partial charge in [0.25, 0.3) is 0 Å². The number of hydrogen-bond donors (Lipinski definition) is 0. The molecule has 0 aliphatic carbocycles. The normalized spacial score (nSPS) is 20.1. The van der Waals surface area contributed by atoms with Crippen molar-refractivity contribution in [3.63, 3.8) is 0 Å². The third kappa shape index (κ3) is 3.25. The largest absolute Gasteiger partial charge is 0.442 e. The van der Waals surface area contributed by atoms with Crippen molar-refractivity contribution in [3.8, 4) is 0 Å². The summed E-state index contributed by atoms with van der Waals surface area (Å²) in [6.07, 6.45) is -0.294. The number of ether oxygens (including phenoxy) is 2. The second kappa shape index (κ2) is 6.73. The number of carbonyl (C=O) groups is 1. The summed E-state index contributed by atoms with van der Waals surface area (Å²) in [7, 11) is 0. The van der Waals surface area contributed by atoms with Crippen LogP contribution in [-0.2, 0) is 28.0 Å². The number of anilines is 1. The summed E-state index contributed by atoms with van der Waals surface area (Å²) in [6.45, 7) is 10.5. The minimum atomic E-state index is -0.238. The van der Waals surface area contributed by atoms with Gasteiger partial charge in [0.1, 0.15) is 6.10 Å². The second-order valence-corrected chi connectivity index (χ2v) is 8.87. The molecule has 0 saturated carbocycles. The molecule has 3 aliphatic rings. The van der Waals surface area contributed by atoms with Crippen LogP contribution in [0.25, 0.3) is 0 Å². The molecule has 0 atom stereocenters. The lowest BCUT2D eigenvalue weighted by atomic mass is 9.81. The molecule has 0 radical (unpaired) electrons. The fourth-order valence-electron chi connectivity index (χ4n) is 4.43. The van der Waals surface area contributed by atoms with E-state index in [1.807, 2.05) is 6.92 Å². The molecule has 2 aromatic rings. The highest BCUT2D eigenvalue weighted by Crippen LogP contribution is 2.33. The first-order valence-corrected chi connectivity index (χ1v) is 10.3. The molecular formula is C23H27N3O3. The number of amides is 1. The maximum absolute atomic E-state index is 12.6. The highest BCUT2D eigenvalue weighted by Gasteiger charge is 2.36. The Labute approximate surface area is 171 Å². The van der Waals surface area contributed by atoms with Gasteiger partial charge >= 0.3 is 6.09 Å². The van der Waals surface area contributed by atoms with Crippen LogP contribution >= 0.6 is 0 Å². The molecular weight excluding hydrogens is 366 g/mol. The number of benzene rings is 1. The molecule has 2 fully saturated rings. The van der Waals surface area contributed by atoms with Gasteiger partial charge in [-0.2, -0.15) is 0 Å². The van der Waals surface area contributed by atoms with Crippen LogP contribution in [0.2, 0.25) is 0 Å². The standard InChI is InChI=1S/C23H27N3O3/c1-15-8-16(2)24-21-12-26(11-20(15)21)22(27)29-19-9-25(10-19)18-6-4-17(5-7-18)23(3)13-28-14-23/h4-8,19H,9-14H2,1-3H3. The summed E-state index contributed by atoms with van der Waals surface area (Å²) in [5.41, 5.74) is 7.01. The molecule has 0 bridgehead atoms. The van der Waals surface area contributed by atoms with Crippen LogP contribution in [0.3, 0.4) is 0 Å². The monoisotopic (exact) mass is 393 g/mol. The average Bonchev–Trinajstić information content (AvgIpc) is 3.07. The van der Waals surface area contributed by atoms with Crippen molar-refractivity contribution in [3.05, 3.63) is 58.4 Å². The maximum Gasteiger partial charge on any atom is 0.410 e. The van der Waals surface area contributed by atoms with E-state index < -0.39 is 0 Å². The predicted molar refractivity (Wildman–Crippen MR) is 110 cm³/mol. The molecule has 1 aromatic heterocycles. The molecule has 1 aromatic carbocycles. The fourth-order valence-corrected chi connectivity index (χ4v) is 4.43. The lowest BCUT2D eigenvalue weighted by Gasteiger charge is -2.41. The van der Waals surface area contributed by atoms with Gasteiger partial charge in [0.05, 0.1) is 45.1 Å². The van der Waals surface area contributed by atoms with Crippen molar-refractivity contribution in [2.45, 2.75) is 45.4 Å². The van der Waals surface area contributed by atoms with Gasteiger partial charge in [0.2, 0.25) is 0 Å². The number of fused-ring (bicyclic) bond motifs is 1.